The second kappa shape index (κ2) is 6.86. The Morgan fingerprint density at radius 2 is 1.96 bits per heavy atom. The number of nitriles is 1. The summed E-state index contributed by atoms with van der Waals surface area (Å²) < 4.78 is 19.4. The summed E-state index contributed by atoms with van der Waals surface area (Å²) in [5, 5.41) is 9.54. The van der Waals surface area contributed by atoms with Crippen molar-refractivity contribution in [2.45, 2.75) is 19.8 Å². The number of rotatable bonds is 4. The van der Waals surface area contributed by atoms with Crippen LogP contribution in [0.25, 0.3) is 0 Å². The van der Waals surface area contributed by atoms with Gasteiger partial charge in [0.1, 0.15) is 23.2 Å². The summed E-state index contributed by atoms with van der Waals surface area (Å²) in [5.41, 5.74) is 8.80. The molecule has 0 spiro atoms. The highest BCUT2D eigenvalue weighted by Gasteiger charge is 2.31. The van der Waals surface area contributed by atoms with Crippen molar-refractivity contribution in [3.63, 3.8) is 0 Å². The first-order chi connectivity index (χ1) is 12.1. The van der Waals surface area contributed by atoms with Crippen molar-refractivity contribution >= 4 is 5.69 Å². The number of benzene rings is 2. The zero-order valence-electron chi connectivity index (χ0n) is 14.3. The molecule has 4 nitrogen and oxygen atoms in total. The smallest absolute Gasteiger partial charge is 0.205 e. The minimum atomic E-state index is -0.435. The minimum Gasteiger partial charge on any atom is -0.440 e. The lowest BCUT2D eigenvalue weighted by molar-refractivity contribution is 0.393. The quantitative estimate of drug-likeness (QED) is 0.919. The fourth-order valence-electron chi connectivity index (χ4n) is 3.26. The predicted molar refractivity (Wildman–Crippen MR) is 95.7 cm³/mol. The first-order valence-electron chi connectivity index (χ1n) is 8.31. The van der Waals surface area contributed by atoms with Gasteiger partial charge in [-0.25, -0.2) is 4.39 Å². The molecule has 2 aromatic rings. The fraction of sp³-hybridized carbons (Fsp3) is 0.250. The number of ether oxygens (including phenoxy) is 1. The van der Waals surface area contributed by atoms with Crippen LogP contribution in [-0.2, 0) is 0 Å². The Bertz CT molecular complexity index is 865. The molecule has 0 fully saturated rings. The van der Waals surface area contributed by atoms with Gasteiger partial charge in [-0.2, -0.15) is 5.26 Å². The van der Waals surface area contributed by atoms with Crippen LogP contribution in [0.3, 0.4) is 0 Å². The lowest BCUT2D eigenvalue weighted by Gasteiger charge is -2.29. The zero-order chi connectivity index (χ0) is 18.0. The molecule has 0 bridgehead atoms. The third kappa shape index (κ3) is 3.03. The van der Waals surface area contributed by atoms with Crippen molar-refractivity contribution in [2.75, 3.05) is 18.0 Å². The van der Waals surface area contributed by atoms with E-state index in [1.807, 2.05) is 18.2 Å². The number of hydrogen-bond donors (Lipinski definition) is 1. The largest absolute Gasteiger partial charge is 0.440 e. The molecule has 0 saturated heterocycles. The van der Waals surface area contributed by atoms with Crippen LogP contribution in [0.1, 0.15) is 30.9 Å². The van der Waals surface area contributed by atoms with Crippen LogP contribution in [0.2, 0.25) is 0 Å². The number of allylic oxidation sites excluding steroid dienone is 1. The number of anilines is 1. The van der Waals surface area contributed by atoms with E-state index in [0.717, 1.165) is 24.3 Å². The third-order valence-corrected chi connectivity index (χ3v) is 4.51. The van der Waals surface area contributed by atoms with E-state index in [1.165, 1.54) is 12.1 Å². The van der Waals surface area contributed by atoms with Crippen molar-refractivity contribution < 1.29 is 9.13 Å². The average molecular weight is 337 g/mol. The zero-order valence-corrected chi connectivity index (χ0v) is 14.3. The van der Waals surface area contributed by atoms with Crippen LogP contribution < -0.4 is 15.4 Å². The summed E-state index contributed by atoms with van der Waals surface area (Å²) in [6.07, 6.45) is 0. The van der Waals surface area contributed by atoms with E-state index < -0.39 is 5.92 Å². The molecule has 0 aliphatic carbocycles. The van der Waals surface area contributed by atoms with Gasteiger partial charge in [0.25, 0.3) is 0 Å². The first kappa shape index (κ1) is 16.8. The summed E-state index contributed by atoms with van der Waals surface area (Å²) >= 11 is 0. The van der Waals surface area contributed by atoms with Crippen molar-refractivity contribution in [1.82, 2.24) is 0 Å². The highest BCUT2D eigenvalue weighted by Crippen LogP contribution is 2.43. The van der Waals surface area contributed by atoms with Crippen LogP contribution >= 0.6 is 0 Å². The maximum atomic E-state index is 13.7. The Kier molecular flexibility index (Phi) is 4.62. The van der Waals surface area contributed by atoms with E-state index in [-0.39, 0.29) is 11.7 Å². The summed E-state index contributed by atoms with van der Waals surface area (Å²) in [5.74, 6) is -0.104. The maximum Gasteiger partial charge on any atom is 0.205 e. The van der Waals surface area contributed by atoms with E-state index >= 15 is 0 Å². The molecule has 0 amide bonds. The van der Waals surface area contributed by atoms with E-state index in [9.17, 15) is 9.65 Å². The van der Waals surface area contributed by atoms with Gasteiger partial charge in [-0.3, -0.25) is 0 Å². The minimum absolute atomic E-state index is 0.0703. The van der Waals surface area contributed by atoms with Crippen LogP contribution in [0, 0.1) is 17.1 Å². The summed E-state index contributed by atoms with van der Waals surface area (Å²) in [6, 6.07) is 14.2. The molecular formula is C20H20FN3O. The Labute approximate surface area is 146 Å². The molecule has 128 valence electrons. The lowest BCUT2D eigenvalue weighted by atomic mass is 9.83. The van der Waals surface area contributed by atoms with Crippen LogP contribution in [0.15, 0.2) is 53.9 Å². The topological polar surface area (TPSA) is 62.3 Å². The molecule has 2 aromatic carbocycles. The molecule has 1 heterocycles. The normalized spacial score (nSPS) is 16.0. The van der Waals surface area contributed by atoms with Gasteiger partial charge >= 0.3 is 0 Å². The fourth-order valence-corrected chi connectivity index (χ4v) is 3.26. The molecular weight excluding hydrogens is 317 g/mol. The Morgan fingerprint density at radius 1 is 1.20 bits per heavy atom. The Hall–Kier alpha value is -3.00. The molecule has 1 atom stereocenters. The van der Waals surface area contributed by atoms with Crippen LogP contribution in [0.5, 0.6) is 5.75 Å². The van der Waals surface area contributed by atoms with Gasteiger partial charge < -0.3 is 15.4 Å². The van der Waals surface area contributed by atoms with Gasteiger partial charge in [0, 0.05) is 30.4 Å². The van der Waals surface area contributed by atoms with E-state index in [2.05, 4.69) is 24.8 Å². The molecule has 1 aliphatic heterocycles. The highest BCUT2D eigenvalue weighted by atomic mass is 19.1. The molecule has 0 radical (unpaired) electrons. The van der Waals surface area contributed by atoms with Gasteiger partial charge in [0.15, 0.2) is 0 Å². The van der Waals surface area contributed by atoms with Crippen molar-refractivity contribution in [3.8, 4) is 11.8 Å². The Morgan fingerprint density at radius 3 is 2.60 bits per heavy atom. The van der Waals surface area contributed by atoms with Gasteiger partial charge in [-0.1, -0.05) is 18.2 Å². The first-order valence-corrected chi connectivity index (χ1v) is 8.31. The molecule has 1 aliphatic rings. The molecule has 2 N–H and O–H groups in total. The second-order valence-corrected chi connectivity index (χ2v) is 5.87. The Balaban J connectivity index is 2.14. The number of nitrogens with two attached hydrogens (primary N) is 1. The highest BCUT2D eigenvalue weighted by molar-refractivity contribution is 5.61. The van der Waals surface area contributed by atoms with Crippen LogP contribution in [-0.4, -0.2) is 13.1 Å². The van der Waals surface area contributed by atoms with Crippen molar-refractivity contribution in [1.29, 1.82) is 5.26 Å². The van der Waals surface area contributed by atoms with Gasteiger partial charge in [-0.15, -0.1) is 0 Å². The number of nitrogens with zero attached hydrogens (tertiary/aromatic N) is 2. The summed E-state index contributed by atoms with van der Waals surface area (Å²) in [6.45, 7) is 5.91. The summed E-state index contributed by atoms with van der Waals surface area (Å²) in [4.78, 5) is 2.19. The van der Waals surface area contributed by atoms with Gasteiger partial charge in [0.05, 0.1) is 5.92 Å². The van der Waals surface area contributed by atoms with E-state index in [1.54, 1.807) is 12.1 Å². The van der Waals surface area contributed by atoms with Crippen molar-refractivity contribution in [2.24, 2.45) is 5.73 Å². The van der Waals surface area contributed by atoms with E-state index in [4.69, 9.17) is 10.5 Å². The maximum absolute atomic E-state index is 13.7. The summed E-state index contributed by atoms with van der Waals surface area (Å²) in [7, 11) is 0. The monoisotopic (exact) mass is 337 g/mol. The van der Waals surface area contributed by atoms with Crippen LogP contribution in [0.4, 0.5) is 10.1 Å². The number of fused-ring (bicyclic) bond motifs is 1. The average Bonchev–Trinajstić information content (AvgIpc) is 2.61. The third-order valence-electron chi connectivity index (χ3n) is 4.51. The molecule has 0 unspecified atom stereocenters. The second-order valence-electron chi connectivity index (χ2n) is 5.87. The molecule has 0 aromatic heterocycles. The number of halogens is 1. The van der Waals surface area contributed by atoms with Crippen molar-refractivity contribution in [3.05, 3.63) is 70.9 Å². The molecule has 5 heteroatoms. The standard InChI is InChI=1S/C20H20FN3O/c1-3-24(4-2)15-8-9-16-18(11-15)25-20(23)17(12-22)19(16)13-6-5-7-14(21)10-13/h5-11,19H,3-4,23H2,1-2H3/t19-/m1/s1. The SMILES string of the molecule is CCN(CC)c1ccc2c(c1)OC(N)=C(C#N)[C@@H]2c1cccc(F)c1. The molecule has 0 saturated carbocycles. The van der Waals surface area contributed by atoms with E-state index in [0.29, 0.717) is 16.9 Å². The predicted octanol–water partition coefficient (Wildman–Crippen LogP) is 3.89. The van der Waals surface area contributed by atoms with Gasteiger partial charge in [-0.05, 0) is 37.6 Å². The molecule has 3 rings (SSSR count). The van der Waals surface area contributed by atoms with Gasteiger partial charge in [0.2, 0.25) is 5.88 Å². The molecule has 25 heavy (non-hydrogen) atoms. The lowest BCUT2D eigenvalue weighted by Crippen LogP contribution is -2.24. The number of hydrogen-bond acceptors (Lipinski definition) is 4.